The monoisotopic (exact) mass is 388 g/mol. The van der Waals surface area contributed by atoms with Gasteiger partial charge in [-0.2, -0.15) is 0 Å². The molecule has 0 bridgehead atoms. The van der Waals surface area contributed by atoms with Crippen molar-refractivity contribution < 1.29 is 9.59 Å². The van der Waals surface area contributed by atoms with Gasteiger partial charge in [-0.3, -0.25) is 9.69 Å². The first-order chi connectivity index (χ1) is 13.0. The van der Waals surface area contributed by atoms with Crippen LogP contribution < -0.4 is 5.32 Å². The number of hydrogen-bond donors (Lipinski definition) is 1. The first kappa shape index (κ1) is 18.1. The van der Waals surface area contributed by atoms with Crippen molar-refractivity contribution in [1.82, 2.24) is 30.2 Å². The van der Waals surface area contributed by atoms with Crippen LogP contribution >= 0.6 is 11.3 Å². The van der Waals surface area contributed by atoms with Crippen molar-refractivity contribution in [3.8, 4) is 0 Å². The number of amides is 3. The predicted octanol–water partition coefficient (Wildman–Crippen LogP) is 2.64. The molecule has 3 heterocycles. The van der Waals surface area contributed by atoms with Crippen LogP contribution in [0.2, 0.25) is 0 Å². The number of nitrogens with one attached hydrogen (secondary N) is 1. The number of hydrogen-bond acceptors (Lipinski definition) is 6. The van der Waals surface area contributed by atoms with E-state index in [1.54, 1.807) is 16.0 Å². The Morgan fingerprint density at radius 3 is 2.74 bits per heavy atom. The van der Waals surface area contributed by atoms with E-state index in [4.69, 9.17) is 0 Å². The van der Waals surface area contributed by atoms with Crippen LogP contribution in [0.3, 0.4) is 0 Å². The molecular formula is C18H24N6O2S. The van der Waals surface area contributed by atoms with Gasteiger partial charge in [-0.15, -0.1) is 16.4 Å². The molecule has 144 valence electrons. The molecule has 2 aliphatic rings. The number of nitrogens with zero attached hydrogens (tertiary/aromatic N) is 5. The Morgan fingerprint density at radius 1 is 1.26 bits per heavy atom. The van der Waals surface area contributed by atoms with E-state index in [0.717, 1.165) is 10.7 Å². The normalized spacial score (nSPS) is 20.9. The van der Waals surface area contributed by atoms with Gasteiger partial charge in [-0.25, -0.2) is 14.5 Å². The third kappa shape index (κ3) is 3.73. The third-order valence-electron chi connectivity index (χ3n) is 5.20. The van der Waals surface area contributed by atoms with Gasteiger partial charge in [-0.1, -0.05) is 18.1 Å². The van der Waals surface area contributed by atoms with Crippen molar-refractivity contribution in [1.29, 1.82) is 0 Å². The SMILES string of the molecule is CC(C)n1cc(C[C@@H]2NC(=O)N(Cc3csc(C4CCCC4)n3)C2=O)nn1. The van der Waals surface area contributed by atoms with Gasteiger partial charge in [0.25, 0.3) is 5.91 Å². The summed E-state index contributed by atoms with van der Waals surface area (Å²) in [6.45, 7) is 4.25. The Balaban J connectivity index is 1.40. The van der Waals surface area contributed by atoms with Crippen LogP contribution in [-0.2, 0) is 17.8 Å². The van der Waals surface area contributed by atoms with E-state index in [9.17, 15) is 9.59 Å². The van der Waals surface area contributed by atoms with Gasteiger partial charge in [0.15, 0.2) is 0 Å². The molecule has 0 spiro atoms. The van der Waals surface area contributed by atoms with Gasteiger partial charge in [0.1, 0.15) is 6.04 Å². The fourth-order valence-corrected chi connectivity index (χ4v) is 4.63. The summed E-state index contributed by atoms with van der Waals surface area (Å²) in [6.07, 6.45) is 7.06. The van der Waals surface area contributed by atoms with Crippen LogP contribution in [0.1, 0.15) is 67.9 Å². The number of rotatable bonds is 6. The minimum absolute atomic E-state index is 0.204. The zero-order chi connectivity index (χ0) is 19.0. The van der Waals surface area contributed by atoms with Crippen molar-refractivity contribution in [2.45, 2.75) is 70.5 Å². The molecule has 0 radical (unpaired) electrons. The Morgan fingerprint density at radius 2 is 2.04 bits per heavy atom. The lowest BCUT2D eigenvalue weighted by Crippen LogP contribution is -2.32. The zero-order valence-corrected chi connectivity index (χ0v) is 16.4. The second kappa shape index (κ2) is 7.38. The van der Waals surface area contributed by atoms with Crippen LogP contribution in [0.5, 0.6) is 0 Å². The standard InChI is InChI=1S/C18H24N6O2S/c1-11(2)24-9-13(21-22-24)7-15-17(25)23(18(26)20-15)8-14-10-27-16(19-14)12-5-3-4-6-12/h9-12,15H,3-8H2,1-2H3,(H,20,26)/t15-/m0/s1. The van der Waals surface area contributed by atoms with Crippen molar-refractivity contribution in [3.63, 3.8) is 0 Å². The summed E-state index contributed by atoms with van der Waals surface area (Å²) in [4.78, 5) is 30.9. The predicted molar refractivity (Wildman–Crippen MR) is 100 cm³/mol. The lowest BCUT2D eigenvalue weighted by molar-refractivity contribution is -0.127. The molecule has 0 unspecified atom stereocenters. The van der Waals surface area contributed by atoms with Gasteiger partial charge >= 0.3 is 6.03 Å². The maximum absolute atomic E-state index is 12.7. The topological polar surface area (TPSA) is 93.0 Å². The molecule has 4 rings (SSSR count). The average molecular weight is 388 g/mol. The molecule has 9 heteroatoms. The molecule has 2 aromatic rings. The second-order valence-corrected chi connectivity index (χ2v) is 8.46. The van der Waals surface area contributed by atoms with Crippen LogP contribution in [0.15, 0.2) is 11.6 Å². The molecule has 0 aromatic carbocycles. The molecule has 27 heavy (non-hydrogen) atoms. The van der Waals surface area contributed by atoms with Gasteiger partial charge in [-0.05, 0) is 26.7 Å². The molecule has 2 aromatic heterocycles. The number of imide groups is 1. The number of aromatic nitrogens is 4. The molecule has 8 nitrogen and oxygen atoms in total. The molecule has 1 saturated carbocycles. The number of urea groups is 1. The zero-order valence-electron chi connectivity index (χ0n) is 15.6. The highest BCUT2D eigenvalue weighted by Crippen LogP contribution is 2.35. The molecule has 1 aliphatic heterocycles. The second-order valence-electron chi connectivity index (χ2n) is 7.57. The number of carbonyl (C=O) groups is 2. The lowest BCUT2D eigenvalue weighted by Gasteiger charge is -2.11. The van der Waals surface area contributed by atoms with E-state index in [0.29, 0.717) is 18.0 Å². The Bertz CT molecular complexity index is 839. The Labute approximate surface area is 162 Å². The smallest absolute Gasteiger partial charge is 0.325 e. The Kier molecular flexibility index (Phi) is 4.94. The van der Waals surface area contributed by atoms with Crippen LogP contribution in [-0.4, -0.2) is 42.9 Å². The van der Waals surface area contributed by atoms with Gasteiger partial charge in [0.05, 0.1) is 22.9 Å². The maximum Gasteiger partial charge on any atom is 0.325 e. The van der Waals surface area contributed by atoms with E-state index in [1.807, 2.05) is 25.4 Å². The average Bonchev–Trinajstić information content (AvgIpc) is 3.40. The molecule has 3 amide bonds. The van der Waals surface area contributed by atoms with E-state index in [1.165, 1.54) is 30.6 Å². The molecule has 1 N–H and O–H groups in total. The van der Waals surface area contributed by atoms with Gasteiger partial charge in [0.2, 0.25) is 0 Å². The molecular weight excluding hydrogens is 364 g/mol. The largest absolute Gasteiger partial charge is 0.325 e. The lowest BCUT2D eigenvalue weighted by atomic mass is 10.1. The molecule has 1 aliphatic carbocycles. The van der Waals surface area contributed by atoms with Crippen molar-refractivity contribution >= 4 is 23.3 Å². The summed E-state index contributed by atoms with van der Waals surface area (Å²) >= 11 is 1.64. The third-order valence-corrected chi connectivity index (χ3v) is 6.26. The van der Waals surface area contributed by atoms with Crippen molar-refractivity contribution in [2.24, 2.45) is 0 Å². The van der Waals surface area contributed by atoms with Crippen LogP contribution in [0, 0.1) is 0 Å². The summed E-state index contributed by atoms with van der Waals surface area (Å²) in [7, 11) is 0. The number of carbonyl (C=O) groups excluding carboxylic acids is 2. The number of thiazole rings is 1. The fraction of sp³-hybridized carbons (Fsp3) is 0.611. The highest BCUT2D eigenvalue weighted by Gasteiger charge is 2.38. The molecule has 1 saturated heterocycles. The highest BCUT2D eigenvalue weighted by atomic mass is 32.1. The van der Waals surface area contributed by atoms with Crippen molar-refractivity contribution in [2.75, 3.05) is 0 Å². The fourth-order valence-electron chi connectivity index (χ4n) is 3.65. The Hall–Kier alpha value is -2.29. The highest BCUT2D eigenvalue weighted by molar-refractivity contribution is 7.09. The summed E-state index contributed by atoms with van der Waals surface area (Å²) in [5.41, 5.74) is 1.48. The summed E-state index contributed by atoms with van der Waals surface area (Å²) in [5.74, 6) is 0.317. The van der Waals surface area contributed by atoms with Gasteiger partial charge in [0, 0.05) is 30.0 Å². The maximum atomic E-state index is 12.7. The summed E-state index contributed by atoms with van der Waals surface area (Å²) in [5, 5.41) is 14.0. The molecule has 1 atom stereocenters. The van der Waals surface area contributed by atoms with E-state index in [-0.39, 0.29) is 24.5 Å². The first-order valence-corrected chi connectivity index (χ1v) is 10.4. The van der Waals surface area contributed by atoms with Gasteiger partial charge < -0.3 is 5.32 Å². The first-order valence-electron chi connectivity index (χ1n) is 9.48. The minimum atomic E-state index is -0.595. The van der Waals surface area contributed by atoms with Crippen LogP contribution in [0.25, 0.3) is 0 Å². The summed E-state index contributed by atoms with van der Waals surface area (Å²) < 4.78 is 1.74. The van der Waals surface area contributed by atoms with E-state index < -0.39 is 6.04 Å². The van der Waals surface area contributed by atoms with Crippen LogP contribution in [0.4, 0.5) is 4.79 Å². The van der Waals surface area contributed by atoms with E-state index in [2.05, 4.69) is 20.6 Å². The van der Waals surface area contributed by atoms with E-state index >= 15 is 0 Å². The summed E-state index contributed by atoms with van der Waals surface area (Å²) in [6, 6.07) is -0.755. The quantitative estimate of drug-likeness (QED) is 0.768. The molecule has 2 fully saturated rings. The van der Waals surface area contributed by atoms with Crippen molar-refractivity contribution in [3.05, 3.63) is 28.0 Å². The minimum Gasteiger partial charge on any atom is -0.325 e.